The summed E-state index contributed by atoms with van der Waals surface area (Å²) in [6.07, 6.45) is -4.82. The van der Waals surface area contributed by atoms with Gasteiger partial charge in [-0.3, -0.25) is 29.4 Å². The smallest absolute Gasteiger partial charge is 0.475 e. The summed E-state index contributed by atoms with van der Waals surface area (Å²) >= 11 is 0. The summed E-state index contributed by atoms with van der Waals surface area (Å²) in [5.41, 5.74) is 1.12. The summed E-state index contributed by atoms with van der Waals surface area (Å²) in [6, 6.07) is 16.3. The van der Waals surface area contributed by atoms with Gasteiger partial charge in [-0.1, -0.05) is 70.2 Å². The molecule has 0 bridgehead atoms. The fourth-order valence-corrected chi connectivity index (χ4v) is 5.99. The van der Waals surface area contributed by atoms with Crippen molar-refractivity contribution >= 4 is 29.7 Å². The Morgan fingerprint density at radius 3 is 2.00 bits per heavy atom. The van der Waals surface area contributed by atoms with E-state index in [2.05, 4.69) is 26.1 Å². The zero-order valence-electron chi connectivity index (χ0n) is 26.7. The number of imide groups is 1. The van der Waals surface area contributed by atoms with Crippen LogP contribution in [-0.4, -0.2) is 82.5 Å². The molecule has 4 atom stereocenters. The van der Waals surface area contributed by atoms with Gasteiger partial charge in [-0.25, -0.2) is 4.79 Å². The summed E-state index contributed by atoms with van der Waals surface area (Å²) in [5.74, 6) is -5.90. The van der Waals surface area contributed by atoms with E-state index in [1.807, 2.05) is 61.5 Å². The highest BCUT2D eigenvalue weighted by atomic mass is 19.4. The van der Waals surface area contributed by atoms with E-state index in [1.165, 1.54) is 12.0 Å². The van der Waals surface area contributed by atoms with E-state index in [1.54, 1.807) is 11.8 Å². The number of fused-ring (bicyclic) bond motifs is 1. The van der Waals surface area contributed by atoms with Crippen LogP contribution in [0, 0.1) is 11.8 Å². The number of nitrogens with one attached hydrogen (secondary N) is 1. The molecule has 0 saturated carbocycles. The number of rotatable bonds is 8. The van der Waals surface area contributed by atoms with Crippen LogP contribution >= 0.6 is 0 Å². The van der Waals surface area contributed by atoms with Crippen LogP contribution in [0.25, 0.3) is 0 Å². The number of carboxylic acid groups (broad SMARTS) is 1. The first kappa shape index (κ1) is 36.2. The normalized spacial score (nSPS) is 22.5. The third kappa shape index (κ3) is 7.41. The Hall–Kier alpha value is -4.26. The standard InChI is InChI=1S/C31H39N3O5.C2HF3O2/c1-7-31(29(38)39-6)25-24(27(36)34(28(25)37)18-20-12-10-9-11-13-20)23(32-31)19-33(8-2)26(35)21-14-16-22(17-15-21)30(3,4)5;3-2(4,5)1(6)7/h9-17,23-25,32H,7-8,18-19H2,1-6H3;(H,6,7)/t23-,24+,25-,31-;/m1./s1. The molecule has 2 fully saturated rings. The van der Waals surface area contributed by atoms with Gasteiger partial charge in [-0.05, 0) is 42.0 Å². The first-order valence-electron chi connectivity index (χ1n) is 14.9. The number of amides is 3. The molecule has 2 heterocycles. The molecule has 2 aliphatic heterocycles. The van der Waals surface area contributed by atoms with Crippen LogP contribution < -0.4 is 5.32 Å². The molecular formula is C33H40F3N3O7. The van der Waals surface area contributed by atoms with Crippen LogP contribution in [-0.2, 0) is 35.9 Å². The number of carboxylic acids is 1. The Bertz CT molecular complexity index is 1440. The molecular weight excluding hydrogens is 607 g/mol. The van der Waals surface area contributed by atoms with Crippen molar-refractivity contribution in [1.82, 2.24) is 15.1 Å². The van der Waals surface area contributed by atoms with Gasteiger partial charge in [-0.15, -0.1) is 0 Å². The topological polar surface area (TPSA) is 133 Å². The molecule has 250 valence electrons. The van der Waals surface area contributed by atoms with Crippen LogP contribution in [0.15, 0.2) is 54.6 Å². The maximum atomic E-state index is 13.8. The van der Waals surface area contributed by atoms with Crippen LogP contribution in [0.3, 0.4) is 0 Å². The lowest BCUT2D eigenvalue weighted by molar-refractivity contribution is -0.192. The number of hydrogen-bond donors (Lipinski definition) is 2. The molecule has 0 radical (unpaired) electrons. The van der Waals surface area contributed by atoms with E-state index < -0.39 is 41.5 Å². The van der Waals surface area contributed by atoms with Crippen molar-refractivity contribution in [3.63, 3.8) is 0 Å². The minimum atomic E-state index is -5.08. The molecule has 2 aliphatic rings. The third-order valence-corrected chi connectivity index (χ3v) is 8.47. The first-order valence-corrected chi connectivity index (χ1v) is 14.9. The number of benzene rings is 2. The van der Waals surface area contributed by atoms with E-state index in [9.17, 15) is 32.3 Å². The number of hydrogen-bond acceptors (Lipinski definition) is 7. The molecule has 0 unspecified atom stereocenters. The second-order valence-corrected chi connectivity index (χ2v) is 12.3. The number of carbonyl (C=O) groups excluding carboxylic acids is 4. The fourth-order valence-electron chi connectivity index (χ4n) is 5.99. The zero-order chi connectivity index (χ0) is 34.6. The predicted octanol–water partition coefficient (Wildman–Crippen LogP) is 4.17. The van der Waals surface area contributed by atoms with Crippen molar-refractivity contribution in [2.75, 3.05) is 20.2 Å². The summed E-state index contributed by atoms with van der Waals surface area (Å²) in [6.45, 7) is 10.8. The highest BCUT2D eigenvalue weighted by molar-refractivity contribution is 6.09. The van der Waals surface area contributed by atoms with Gasteiger partial charge in [0, 0.05) is 24.7 Å². The molecule has 0 aromatic heterocycles. The molecule has 3 amide bonds. The number of halogens is 3. The largest absolute Gasteiger partial charge is 0.490 e. The van der Waals surface area contributed by atoms with Gasteiger partial charge < -0.3 is 14.7 Å². The van der Waals surface area contributed by atoms with Crippen molar-refractivity contribution in [2.24, 2.45) is 11.8 Å². The molecule has 46 heavy (non-hydrogen) atoms. The molecule has 4 rings (SSSR count). The molecule has 2 saturated heterocycles. The minimum absolute atomic E-state index is 0.0346. The SMILES string of the molecule is CCN(C[C@H]1N[C@@](CC)(C(=O)OC)[C@H]2C(=O)N(Cc3ccccc3)C(=O)[C@@H]12)C(=O)c1ccc(C(C)(C)C)cc1.O=C(O)C(F)(F)F. The quantitative estimate of drug-likeness (QED) is 0.322. The van der Waals surface area contributed by atoms with Gasteiger partial charge in [0.1, 0.15) is 5.54 Å². The molecule has 0 aliphatic carbocycles. The maximum Gasteiger partial charge on any atom is 0.490 e. The van der Waals surface area contributed by atoms with Crippen molar-refractivity contribution in [1.29, 1.82) is 0 Å². The summed E-state index contributed by atoms with van der Waals surface area (Å²) in [7, 11) is 1.29. The van der Waals surface area contributed by atoms with Gasteiger partial charge >= 0.3 is 18.1 Å². The van der Waals surface area contributed by atoms with E-state index >= 15 is 0 Å². The molecule has 13 heteroatoms. The summed E-state index contributed by atoms with van der Waals surface area (Å²) in [4.78, 5) is 66.0. The Morgan fingerprint density at radius 1 is 0.978 bits per heavy atom. The van der Waals surface area contributed by atoms with E-state index in [0.29, 0.717) is 12.1 Å². The maximum absolute atomic E-state index is 13.8. The molecule has 2 N–H and O–H groups in total. The van der Waals surface area contributed by atoms with Crippen molar-refractivity contribution in [3.8, 4) is 0 Å². The van der Waals surface area contributed by atoms with Crippen molar-refractivity contribution < 1.29 is 47.0 Å². The lowest BCUT2D eigenvalue weighted by Crippen LogP contribution is -2.58. The summed E-state index contributed by atoms with van der Waals surface area (Å²) < 4.78 is 36.9. The molecule has 2 aromatic carbocycles. The molecule has 10 nitrogen and oxygen atoms in total. The van der Waals surface area contributed by atoms with Crippen molar-refractivity contribution in [3.05, 3.63) is 71.3 Å². The molecule has 2 aromatic rings. The monoisotopic (exact) mass is 647 g/mol. The number of carbonyl (C=O) groups is 5. The average molecular weight is 648 g/mol. The molecule has 0 spiro atoms. The van der Waals surface area contributed by atoms with Gasteiger partial charge in [0.05, 0.1) is 25.5 Å². The number of alkyl halides is 3. The lowest BCUT2D eigenvalue weighted by Gasteiger charge is -2.32. The zero-order valence-corrected chi connectivity index (χ0v) is 26.7. The van der Waals surface area contributed by atoms with Crippen LogP contribution in [0.5, 0.6) is 0 Å². The van der Waals surface area contributed by atoms with Gasteiger partial charge in [0.25, 0.3) is 5.91 Å². The minimum Gasteiger partial charge on any atom is -0.475 e. The highest BCUT2D eigenvalue weighted by Crippen LogP contribution is 2.45. The number of nitrogens with zero attached hydrogens (tertiary/aromatic N) is 2. The number of esters is 1. The van der Waals surface area contributed by atoms with E-state index in [4.69, 9.17) is 14.6 Å². The Labute approximate surface area is 265 Å². The lowest BCUT2D eigenvalue weighted by atomic mass is 9.78. The predicted molar refractivity (Wildman–Crippen MR) is 161 cm³/mol. The summed E-state index contributed by atoms with van der Waals surface area (Å²) in [5, 5.41) is 10.4. The third-order valence-electron chi connectivity index (χ3n) is 8.47. The second-order valence-electron chi connectivity index (χ2n) is 12.3. The van der Waals surface area contributed by atoms with Crippen LogP contribution in [0.1, 0.15) is 62.5 Å². The van der Waals surface area contributed by atoms with Gasteiger partial charge in [0.2, 0.25) is 11.8 Å². The Balaban J connectivity index is 0.000000738. The van der Waals surface area contributed by atoms with E-state index in [-0.39, 0.29) is 42.6 Å². The second kappa shape index (κ2) is 14.0. The Morgan fingerprint density at radius 2 is 1.54 bits per heavy atom. The highest BCUT2D eigenvalue weighted by Gasteiger charge is 2.67. The van der Waals surface area contributed by atoms with Crippen molar-refractivity contribution in [2.45, 2.75) is 70.8 Å². The Kier molecular flexibility index (Phi) is 11.0. The number of ether oxygens (including phenoxy) is 1. The number of aliphatic carboxylic acids is 1. The van der Waals surface area contributed by atoms with Crippen LogP contribution in [0.4, 0.5) is 13.2 Å². The number of methoxy groups -OCH3 is 1. The van der Waals surface area contributed by atoms with E-state index in [0.717, 1.165) is 11.1 Å². The van der Waals surface area contributed by atoms with Gasteiger partial charge in [0.15, 0.2) is 0 Å². The average Bonchev–Trinajstić information content (AvgIpc) is 3.48. The van der Waals surface area contributed by atoms with Crippen LogP contribution in [0.2, 0.25) is 0 Å². The van der Waals surface area contributed by atoms with Gasteiger partial charge in [-0.2, -0.15) is 13.2 Å². The number of likely N-dealkylation sites (N-methyl/N-ethyl adjacent to an activating group) is 1. The fraction of sp³-hybridized carbons (Fsp3) is 0.485. The number of likely N-dealkylation sites (tertiary alicyclic amines) is 1. The first-order chi connectivity index (χ1) is 21.4.